The van der Waals surface area contributed by atoms with Crippen molar-refractivity contribution in [1.82, 2.24) is 15.5 Å². The maximum absolute atomic E-state index is 12.0. The maximum atomic E-state index is 12.0. The third-order valence-electron chi connectivity index (χ3n) is 4.12. The number of rotatable bonds is 5. The molecule has 0 spiro atoms. The van der Waals surface area contributed by atoms with Gasteiger partial charge >= 0.3 is 0 Å². The first-order valence-corrected chi connectivity index (χ1v) is 8.86. The van der Waals surface area contributed by atoms with E-state index in [4.69, 9.17) is 4.52 Å². The molecular formula is C22H23N3O2. The topological polar surface area (TPSA) is 68.0 Å². The van der Waals surface area contributed by atoms with Crippen molar-refractivity contribution in [3.8, 4) is 11.4 Å². The largest absolute Gasteiger partial charge is 0.343 e. The molecule has 2 aromatic carbocycles. The Morgan fingerprint density at radius 3 is 2.44 bits per heavy atom. The van der Waals surface area contributed by atoms with E-state index in [9.17, 15) is 4.79 Å². The second-order valence-corrected chi connectivity index (χ2v) is 7.30. The Morgan fingerprint density at radius 2 is 1.78 bits per heavy atom. The SMILES string of the molecule is CC(C)(C)c1ccc(/C=C/C(=O)NCc2nc(-c3ccccc3)no2)cc1. The Hall–Kier alpha value is -3.21. The van der Waals surface area contributed by atoms with Crippen molar-refractivity contribution < 1.29 is 9.32 Å². The lowest BCUT2D eigenvalue weighted by Gasteiger charge is -2.18. The summed E-state index contributed by atoms with van der Waals surface area (Å²) in [6.07, 6.45) is 3.28. The van der Waals surface area contributed by atoms with Crippen molar-refractivity contribution in [1.29, 1.82) is 0 Å². The van der Waals surface area contributed by atoms with Crippen LogP contribution in [-0.2, 0) is 16.8 Å². The van der Waals surface area contributed by atoms with E-state index in [1.54, 1.807) is 6.08 Å². The minimum atomic E-state index is -0.214. The second-order valence-electron chi connectivity index (χ2n) is 7.30. The predicted molar refractivity (Wildman–Crippen MR) is 106 cm³/mol. The number of nitrogens with one attached hydrogen (secondary N) is 1. The van der Waals surface area contributed by atoms with Crippen molar-refractivity contribution in [2.45, 2.75) is 32.7 Å². The Labute approximate surface area is 159 Å². The van der Waals surface area contributed by atoms with Crippen LogP contribution >= 0.6 is 0 Å². The first kappa shape index (κ1) is 18.6. The third-order valence-corrected chi connectivity index (χ3v) is 4.12. The van der Waals surface area contributed by atoms with Gasteiger partial charge < -0.3 is 9.84 Å². The van der Waals surface area contributed by atoms with E-state index < -0.39 is 0 Å². The fourth-order valence-corrected chi connectivity index (χ4v) is 2.52. The van der Waals surface area contributed by atoms with Gasteiger partial charge in [-0.2, -0.15) is 4.98 Å². The van der Waals surface area contributed by atoms with Crippen LogP contribution in [-0.4, -0.2) is 16.0 Å². The number of nitrogens with zero attached hydrogens (tertiary/aromatic N) is 2. The van der Waals surface area contributed by atoms with Crippen LogP contribution in [0.1, 0.15) is 37.8 Å². The lowest BCUT2D eigenvalue weighted by atomic mass is 9.87. The lowest BCUT2D eigenvalue weighted by molar-refractivity contribution is -0.116. The molecule has 1 aromatic heterocycles. The number of benzene rings is 2. The van der Waals surface area contributed by atoms with Gasteiger partial charge in [0.1, 0.15) is 0 Å². The molecule has 1 N–H and O–H groups in total. The monoisotopic (exact) mass is 361 g/mol. The molecule has 0 radical (unpaired) electrons. The fraction of sp³-hybridized carbons (Fsp3) is 0.227. The number of amides is 1. The van der Waals surface area contributed by atoms with Crippen LogP contribution in [0, 0.1) is 0 Å². The molecule has 0 fully saturated rings. The van der Waals surface area contributed by atoms with Crippen LogP contribution in [0.3, 0.4) is 0 Å². The average Bonchev–Trinajstić information content (AvgIpc) is 3.14. The molecule has 0 saturated heterocycles. The summed E-state index contributed by atoms with van der Waals surface area (Å²) in [6, 6.07) is 17.7. The van der Waals surface area contributed by atoms with Crippen molar-refractivity contribution in [3.63, 3.8) is 0 Å². The second kappa shape index (κ2) is 7.99. The minimum absolute atomic E-state index is 0.113. The quantitative estimate of drug-likeness (QED) is 0.686. The zero-order valence-corrected chi connectivity index (χ0v) is 15.8. The Kier molecular flexibility index (Phi) is 5.50. The molecule has 0 atom stereocenters. The molecule has 0 saturated carbocycles. The highest BCUT2D eigenvalue weighted by atomic mass is 16.5. The Morgan fingerprint density at radius 1 is 1.07 bits per heavy atom. The van der Waals surface area contributed by atoms with Crippen LogP contribution in [0.15, 0.2) is 65.2 Å². The molecular weight excluding hydrogens is 338 g/mol. The summed E-state index contributed by atoms with van der Waals surface area (Å²) in [5.41, 5.74) is 3.22. The summed E-state index contributed by atoms with van der Waals surface area (Å²) in [6.45, 7) is 6.70. The highest BCUT2D eigenvalue weighted by Crippen LogP contribution is 2.22. The zero-order chi connectivity index (χ0) is 19.3. The van der Waals surface area contributed by atoms with E-state index in [2.05, 4.69) is 48.4 Å². The zero-order valence-electron chi connectivity index (χ0n) is 15.8. The maximum Gasteiger partial charge on any atom is 0.246 e. The van der Waals surface area contributed by atoms with Gasteiger partial charge in [-0.15, -0.1) is 0 Å². The van der Waals surface area contributed by atoms with E-state index in [0.29, 0.717) is 11.7 Å². The van der Waals surface area contributed by atoms with Crippen molar-refractivity contribution in [2.24, 2.45) is 0 Å². The van der Waals surface area contributed by atoms with Crippen LogP contribution in [0.25, 0.3) is 17.5 Å². The lowest BCUT2D eigenvalue weighted by Crippen LogP contribution is -2.20. The molecule has 5 nitrogen and oxygen atoms in total. The van der Waals surface area contributed by atoms with Gasteiger partial charge in [-0.3, -0.25) is 4.79 Å². The molecule has 0 unspecified atom stereocenters. The molecule has 3 aromatic rings. The normalized spacial score (nSPS) is 11.7. The van der Waals surface area contributed by atoms with Crippen LogP contribution in [0.2, 0.25) is 0 Å². The van der Waals surface area contributed by atoms with Gasteiger partial charge in [0.2, 0.25) is 17.6 Å². The van der Waals surface area contributed by atoms with E-state index in [0.717, 1.165) is 11.1 Å². The van der Waals surface area contributed by atoms with Gasteiger partial charge in [-0.1, -0.05) is 80.5 Å². The standard InChI is InChI=1S/C22H23N3O2/c1-22(2,3)18-12-9-16(10-13-18)11-14-19(26)23-15-20-24-21(25-27-20)17-7-5-4-6-8-17/h4-14H,15H2,1-3H3,(H,23,26)/b14-11+. The summed E-state index contributed by atoms with van der Waals surface area (Å²) in [5, 5.41) is 6.68. The number of carbonyl (C=O) groups is 1. The summed E-state index contributed by atoms with van der Waals surface area (Å²) >= 11 is 0. The number of carbonyl (C=O) groups excluding carboxylic acids is 1. The first-order chi connectivity index (χ1) is 12.9. The van der Waals surface area contributed by atoms with Crippen LogP contribution < -0.4 is 5.32 Å². The fourth-order valence-electron chi connectivity index (χ4n) is 2.52. The number of hydrogen-bond acceptors (Lipinski definition) is 4. The molecule has 0 aliphatic heterocycles. The van der Waals surface area contributed by atoms with Gasteiger partial charge in [0.05, 0.1) is 6.54 Å². The molecule has 138 valence electrons. The minimum Gasteiger partial charge on any atom is -0.343 e. The summed E-state index contributed by atoms with van der Waals surface area (Å²) in [4.78, 5) is 16.3. The molecule has 27 heavy (non-hydrogen) atoms. The van der Waals surface area contributed by atoms with Gasteiger partial charge in [0.15, 0.2) is 0 Å². The number of hydrogen-bond donors (Lipinski definition) is 1. The molecule has 0 bridgehead atoms. The molecule has 0 aliphatic carbocycles. The van der Waals surface area contributed by atoms with Gasteiger partial charge in [0, 0.05) is 11.6 Å². The van der Waals surface area contributed by atoms with E-state index in [1.807, 2.05) is 42.5 Å². The average molecular weight is 361 g/mol. The van der Waals surface area contributed by atoms with Gasteiger partial charge in [-0.25, -0.2) is 0 Å². The molecule has 0 aliphatic rings. The molecule has 1 heterocycles. The first-order valence-electron chi connectivity index (χ1n) is 8.86. The van der Waals surface area contributed by atoms with Gasteiger partial charge in [0.25, 0.3) is 0 Å². The van der Waals surface area contributed by atoms with Crippen LogP contribution in [0.5, 0.6) is 0 Å². The Bertz CT molecular complexity index is 920. The van der Waals surface area contributed by atoms with Crippen molar-refractivity contribution in [2.75, 3.05) is 0 Å². The Balaban J connectivity index is 1.54. The van der Waals surface area contributed by atoms with E-state index >= 15 is 0 Å². The highest BCUT2D eigenvalue weighted by Gasteiger charge is 2.12. The van der Waals surface area contributed by atoms with Crippen molar-refractivity contribution >= 4 is 12.0 Å². The molecule has 3 rings (SSSR count). The smallest absolute Gasteiger partial charge is 0.246 e. The summed E-state index contributed by atoms with van der Waals surface area (Å²) in [7, 11) is 0. The van der Waals surface area contributed by atoms with E-state index in [-0.39, 0.29) is 17.9 Å². The third kappa shape index (κ3) is 5.14. The molecule has 1 amide bonds. The van der Waals surface area contributed by atoms with Gasteiger partial charge in [-0.05, 0) is 22.6 Å². The predicted octanol–water partition coefficient (Wildman–Crippen LogP) is 4.36. The van der Waals surface area contributed by atoms with Crippen molar-refractivity contribution in [3.05, 3.63) is 77.7 Å². The number of aromatic nitrogens is 2. The molecule has 5 heteroatoms. The summed E-state index contributed by atoms with van der Waals surface area (Å²) in [5.74, 6) is 0.661. The van der Waals surface area contributed by atoms with E-state index in [1.165, 1.54) is 11.6 Å². The van der Waals surface area contributed by atoms with Crippen LogP contribution in [0.4, 0.5) is 0 Å². The highest BCUT2D eigenvalue weighted by molar-refractivity contribution is 5.91. The summed E-state index contributed by atoms with van der Waals surface area (Å²) < 4.78 is 5.18.